The molecule has 1 aliphatic rings. The lowest BCUT2D eigenvalue weighted by Crippen LogP contribution is -2.50. The van der Waals surface area contributed by atoms with E-state index in [1.807, 2.05) is 19.6 Å². The highest BCUT2D eigenvalue weighted by Crippen LogP contribution is 2.34. The Morgan fingerprint density at radius 2 is 2.36 bits per heavy atom. The fourth-order valence-electron chi connectivity index (χ4n) is 2.09. The van der Waals surface area contributed by atoms with Gasteiger partial charge < -0.3 is 9.88 Å². The van der Waals surface area contributed by atoms with Crippen molar-refractivity contribution in [2.45, 2.75) is 44.7 Å². The number of rotatable bonds is 4. The second kappa shape index (κ2) is 3.73. The van der Waals surface area contributed by atoms with Crippen molar-refractivity contribution in [1.82, 2.24) is 14.9 Å². The van der Waals surface area contributed by atoms with Gasteiger partial charge in [0.15, 0.2) is 0 Å². The number of aryl methyl sites for hydroxylation is 1. The summed E-state index contributed by atoms with van der Waals surface area (Å²) in [6.07, 6.45) is 9.09. The maximum absolute atomic E-state index is 4.12. The van der Waals surface area contributed by atoms with Crippen LogP contribution in [0, 0.1) is 0 Å². The molecular formula is C11H19N3. The van der Waals surface area contributed by atoms with Crippen LogP contribution in [0.15, 0.2) is 12.5 Å². The molecule has 3 nitrogen and oxygen atoms in total. The summed E-state index contributed by atoms with van der Waals surface area (Å²) in [7, 11) is 2.05. The van der Waals surface area contributed by atoms with Crippen molar-refractivity contribution < 1.29 is 0 Å². The van der Waals surface area contributed by atoms with Crippen molar-refractivity contribution in [2.75, 3.05) is 0 Å². The van der Waals surface area contributed by atoms with Gasteiger partial charge in [0.05, 0.1) is 12.0 Å². The first-order valence-electron chi connectivity index (χ1n) is 5.46. The van der Waals surface area contributed by atoms with E-state index in [-0.39, 0.29) is 0 Å². The second-order valence-corrected chi connectivity index (χ2v) is 4.34. The molecule has 0 spiro atoms. The van der Waals surface area contributed by atoms with Crippen molar-refractivity contribution >= 4 is 0 Å². The highest BCUT2D eigenvalue weighted by molar-refractivity contribution is 5.01. The summed E-state index contributed by atoms with van der Waals surface area (Å²) in [4.78, 5) is 4.12. The van der Waals surface area contributed by atoms with E-state index in [4.69, 9.17) is 0 Å². The predicted octanol–water partition coefficient (Wildman–Crippen LogP) is 1.84. The summed E-state index contributed by atoms with van der Waals surface area (Å²) in [5.41, 5.74) is 1.70. The van der Waals surface area contributed by atoms with E-state index in [0.29, 0.717) is 5.54 Å². The molecule has 0 aromatic carbocycles. The Balaban J connectivity index is 1.90. The molecule has 1 N–H and O–H groups in total. The fourth-order valence-corrected chi connectivity index (χ4v) is 2.09. The Hall–Kier alpha value is -0.830. The third kappa shape index (κ3) is 1.69. The van der Waals surface area contributed by atoms with Crippen LogP contribution in [0.25, 0.3) is 0 Å². The molecule has 1 aromatic rings. The molecule has 0 atom stereocenters. The molecule has 0 unspecified atom stereocenters. The maximum atomic E-state index is 4.12. The van der Waals surface area contributed by atoms with Crippen LogP contribution in [0.5, 0.6) is 0 Å². The highest BCUT2D eigenvalue weighted by atomic mass is 15.1. The minimum Gasteiger partial charge on any atom is -0.337 e. The molecular weight excluding hydrogens is 174 g/mol. The van der Waals surface area contributed by atoms with E-state index in [1.165, 1.54) is 31.4 Å². The Kier molecular flexibility index (Phi) is 2.59. The van der Waals surface area contributed by atoms with Gasteiger partial charge in [-0.15, -0.1) is 0 Å². The van der Waals surface area contributed by atoms with Crippen LogP contribution in [0.3, 0.4) is 0 Å². The van der Waals surface area contributed by atoms with Crippen LogP contribution in [0.1, 0.15) is 38.3 Å². The SMILES string of the molecule is CCC1(NCc2cncn2C)CCC1. The van der Waals surface area contributed by atoms with Crippen LogP contribution in [0.2, 0.25) is 0 Å². The molecule has 2 rings (SSSR count). The minimum atomic E-state index is 0.435. The summed E-state index contributed by atoms with van der Waals surface area (Å²) in [6.45, 7) is 3.22. The first-order chi connectivity index (χ1) is 6.76. The van der Waals surface area contributed by atoms with Gasteiger partial charge in [-0.3, -0.25) is 0 Å². The van der Waals surface area contributed by atoms with Crippen LogP contribution in [0.4, 0.5) is 0 Å². The Morgan fingerprint density at radius 1 is 1.57 bits per heavy atom. The zero-order chi connectivity index (χ0) is 10.0. The van der Waals surface area contributed by atoms with Crippen LogP contribution in [-0.4, -0.2) is 15.1 Å². The molecule has 1 aromatic heterocycles. The van der Waals surface area contributed by atoms with Gasteiger partial charge >= 0.3 is 0 Å². The van der Waals surface area contributed by atoms with E-state index >= 15 is 0 Å². The summed E-state index contributed by atoms with van der Waals surface area (Å²) in [6, 6.07) is 0. The standard InChI is InChI=1S/C11H19N3/c1-3-11(5-4-6-11)13-8-10-7-12-9-14(10)2/h7,9,13H,3-6,8H2,1-2H3. The number of imidazole rings is 1. The van der Waals surface area contributed by atoms with Gasteiger partial charge in [-0.1, -0.05) is 6.92 Å². The van der Waals surface area contributed by atoms with Crippen molar-refractivity contribution in [3.05, 3.63) is 18.2 Å². The number of hydrogen-bond acceptors (Lipinski definition) is 2. The molecule has 3 heteroatoms. The van der Waals surface area contributed by atoms with Gasteiger partial charge in [-0.2, -0.15) is 0 Å². The summed E-state index contributed by atoms with van der Waals surface area (Å²) in [5.74, 6) is 0. The van der Waals surface area contributed by atoms with Gasteiger partial charge in [0, 0.05) is 25.3 Å². The van der Waals surface area contributed by atoms with Crippen molar-refractivity contribution in [3.8, 4) is 0 Å². The summed E-state index contributed by atoms with van der Waals surface area (Å²) >= 11 is 0. The monoisotopic (exact) mass is 193 g/mol. The van der Waals surface area contributed by atoms with Crippen LogP contribution >= 0.6 is 0 Å². The third-order valence-corrected chi connectivity index (χ3v) is 3.55. The van der Waals surface area contributed by atoms with E-state index in [1.54, 1.807) is 0 Å². The molecule has 1 heterocycles. The molecule has 14 heavy (non-hydrogen) atoms. The number of nitrogens with one attached hydrogen (secondary N) is 1. The average Bonchev–Trinajstić information content (AvgIpc) is 2.51. The van der Waals surface area contributed by atoms with Gasteiger partial charge in [0.2, 0.25) is 0 Å². The third-order valence-electron chi connectivity index (χ3n) is 3.55. The van der Waals surface area contributed by atoms with Gasteiger partial charge in [-0.25, -0.2) is 4.98 Å². The lowest BCUT2D eigenvalue weighted by atomic mass is 9.75. The zero-order valence-electron chi connectivity index (χ0n) is 9.08. The first kappa shape index (κ1) is 9.71. The fraction of sp³-hybridized carbons (Fsp3) is 0.727. The maximum Gasteiger partial charge on any atom is 0.0945 e. The van der Waals surface area contributed by atoms with E-state index < -0.39 is 0 Å². The Labute approximate surface area is 85.5 Å². The van der Waals surface area contributed by atoms with E-state index in [9.17, 15) is 0 Å². The van der Waals surface area contributed by atoms with Gasteiger partial charge in [-0.05, 0) is 25.7 Å². The molecule has 0 bridgehead atoms. The molecule has 78 valence electrons. The van der Waals surface area contributed by atoms with Gasteiger partial charge in [0.25, 0.3) is 0 Å². The summed E-state index contributed by atoms with van der Waals surface area (Å²) < 4.78 is 2.08. The molecule has 1 fully saturated rings. The Morgan fingerprint density at radius 3 is 2.79 bits per heavy atom. The van der Waals surface area contributed by atoms with Crippen LogP contribution < -0.4 is 5.32 Å². The van der Waals surface area contributed by atoms with E-state index in [0.717, 1.165) is 6.54 Å². The minimum absolute atomic E-state index is 0.435. The van der Waals surface area contributed by atoms with Gasteiger partial charge in [0.1, 0.15) is 0 Å². The van der Waals surface area contributed by atoms with Crippen molar-refractivity contribution in [1.29, 1.82) is 0 Å². The highest BCUT2D eigenvalue weighted by Gasteiger charge is 2.34. The smallest absolute Gasteiger partial charge is 0.0945 e. The number of hydrogen-bond donors (Lipinski definition) is 1. The normalized spacial score (nSPS) is 19.3. The summed E-state index contributed by atoms with van der Waals surface area (Å²) in [5, 5.41) is 3.66. The Bertz CT molecular complexity index is 294. The molecule has 0 aliphatic heterocycles. The number of nitrogens with zero attached hydrogens (tertiary/aromatic N) is 2. The molecule has 0 saturated heterocycles. The largest absolute Gasteiger partial charge is 0.337 e. The van der Waals surface area contributed by atoms with Crippen molar-refractivity contribution in [3.63, 3.8) is 0 Å². The quantitative estimate of drug-likeness (QED) is 0.790. The molecule has 1 saturated carbocycles. The molecule has 0 radical (unpaired) electrons. The molecule has 0 amide bonds. The first-order valence-corrected chi connectivity index (χ1v) is 5.46. The van der Waals surface area contributed by atoms with Crippen LogP contribution in [-0.2, 0) is 13.6 Å². The number of aromatic nitrogens is 2. The predicted molar refractivity (Wildman–Crippen MR) is 56.9 cm³/mol. The average molecular weight is 193 g/mol. The topological polar surface area (TPSA) is 29.9 Å². The second-order valence-electron chi connectivity index (χ2n) is 4.34. The zero-order valence-corrected chi connectivity index (χ0v) is 9.08. The van der Waals surface area contributed by atoms with Crippen molar-refractivity contribution in [2.24, 2.45) is 7.05 Å². The molecule has 1 aliphatic carbocycles. The lowest BCUT2D eigenvalue weighted by molar-refractivity contribution is 0.174. The van der Waals surface area contributed by atoms with E-state index in [2.05, 4.69) is 21.8 Å². The lowest BCUT2D eigenvalue weighted by Gasteiger charge is -2.42.